The third-order valence-corrected chi connectivity index (χ3v) is 5.31. The van der Waals surface area contributed by atoms with Crippen LogP contribution in [0, 0.1) is 6.92 Å². The van der Waals surface area contributed by atoms with Crippen molar-refractivity contribution in [2.45, 2.75) is 71.8 Å². The predicted octanol–water partition coefficient (Wildman–Crippen LogP) is 4.27. The van der Waals surface area contributed by atoms with Gasteiger partial charge in [0.25, 0.3) is 5.91 Å². The van der Waals surface area contributed by atoms with Gasteiger partial charge in [-0.3, -0.25) is 4.79 Å². The number of hydrogen-bond donors (Lipinski definition) is 1. The molecule has 0 aliphatic carbocycles. The fourth-order valence-corrected chi connectivity index (χ4v) is 3.76. The van der Waals surface area contributed by atoms with Crippen molar-refractivity contribution in [1.82, 2.24) is 10.2 Å². The number of aryl methyl sites for hydroxylation is 1. The van der Waals surface area contributed by atoms with E-state index in [1.165, 1.54) is 32.2 Å². The molecule has 1 aliphatic rings. The van der Waals surface area contributed by atoms with Gasteiger partial charge >= 0.3 is 0 Å². The summed E-state index contributed by atoms with van der Waals surface area (Å²) in [6.07, 6.45) is 6.23. The van der Waals surface area contributed by atoms with Gasteiger partial charge in [-0.25, -0.2) is 0 Å². The number of nitrogens with one attached hydrogen (secondary N) is 1. The van der Waals surface area contributed by atoms with Crippen LogP contribution in [-0.4, -0.2) is 43.1 Å². The normalized spacial score (nSPS) is 18.1. The van der Waals surface area contributed by atoms with E-state index in [1.54, 1.807) is 0 Å². The Morgan fingerprint density at radius 3 is 2.88 bits per heavy atom. The summed E-state index contributed by atoms with van der Waals surface area (Å²) in [5, 5.41) is 3.00. The maximum atomic E-state index is 12.1. The van der Waals surface area contributed by atoms with E-state index in [0.717, 1.165) is 42.4 Å². The number of piperidine rings is 1. The van der Waals surface area contributed by atoms with Gasteiger partial charge in [-0.1, -0.05) is 39.3 Å². The van der Waals surface area contributed by atoms with Crippen molar-refractivity contribution in [1.29, 1.82) is 0 Å². The molecule has 1 N–H and O–H groups in total. The van der Waals surface area contributed by atoms with Crippen molar-refractivity contribution >= 4 is 5.91 Å². The fourth-order valence-electron chi connectivity index (χ4n) is 3.76. The Bertz CT molecular complexity index is 571. The molecule has 26 heavy (non-hydrogen) atoms. The molecule has 4 heteroatoms. The summed E-state index contributed by atoms with van der Waals surface area (Å²) < 4.78 is 5.80. The van der Waals surface area contributed by atoms with E-state index in [9.17, 15) is 4.79 Å². The second-order valence-corrected chi connectivity index (χ2v) is 7.78. The number of likely N-dealkylation sites (tertiary alicyclic amines) is 1. The first kappa shape index (κ1) is 20.8. The molecule has 0 spiro atoms. The highest BCUT2D eigenvalue weighted by molar-refractivity contribution is 5.77. The molecule has 0 radical (unpaired) electrons. The maximum absolute atomic E-state index is 12.1. The second kappa shape index (κ2) is 10.6. The molecular weight excluding hydrogens is 324 g/mol. The van der Waals surface area contributed by atoms with Gasteiger partial charge in [0.2, 0.25) is 0 Å². The third-order valence-electron chi connectivity index (χ3n) is 5.31. The highest BCUT2D eigenvalue weighted by Gasteiger charge is 2.19. The number of ether oxygens (including phenoxy) is 1. The van der Waals surface area contributed by atoms with Gasteiger partial charge in [-0.05, 0) is 62.3 Å². The van der Waals surface area contributed by atoms with Gasteiger partial charge in [-0.15, -0.1) is 0 Å². The quantitative estimate of drug-likeness (QED) is 0.669. The highest BCUT2D eigenvalue weighted by atomic mass is 16.5. The fraction of sp³-hybridized carbons (Fsp3) is 0.682. The Labute approximate surface area is 159 Å². The monoisotopic (exact) mass is 360 g/mol. The van der Waals surface area contributed by atoms with E-state index in [4.69, 9.17) is 4.74 Å². The van der Waals surface area contributed by atoms with E-state index in [-0.39, 0.29) is 12.5 Å². The minimum Gasteiger partial charge on any atom is -0.483 e. The number of nitrogens with zero attached hydrogens (tertiary/aromatic N) is 1. The molecule has 1 aromatic rings. The van der Waals surface area contributed by atoms with Crippen molar-refractivity contribution in [2.24, 2.45) is 0 Å². The van der Waals surface area contributed by atoms with Gasteiger partial charge in [0.1, 0.15) is 5.75 Å². The van der Waals surface area contributed by atoms with Crippen LogP contribution in [0.25, 0.3) is 0 Å². The zero-order valence-corrected chi connectivity index (χ0v) is 17.0. The molecule has 1 aromatic carbocycles. The second-order valence-electron chi connectivity index (χ2n) is 7.78. The lowest BCUT2D eigenvalue weighted by atomic mass is 10.00. The Morgan fingerprint density at radius 1 is 1.35 bits per heavy atom. The molecule has 1 amide bonds. The van der Waals surface area contributed by atoms with Crippen LogP contribution in [0.5, 0.6) is 5.75 Å². The predicted molar refractivity (Wildman–Crippen MR) is 108 cm³/mol. The Balaban J connectivity index is 1.70. The van der Waals surface area contributed by atoms with Crippen LogP contribution in [0.3, 0.4) is 0 Å². The van der Waals surface area contributed by atoms with E-state index >= 15 is 0 Å². The first-order valence-electron chi connectivity index (χ1n) is 10.2. The molecule has 2 rings (SSSR count). The molecule has 4 nitrogen and oxygen atoms in total. The first-order chi connectivity index (χ1) is 12.5. The zero-order chi connectivity index (χ0) is 18.9. The lowest BCUT2D eigenvalue weighted by Crippen LogP contribution is -2.41. The molecule has 0 unspecified atom stereocenters. The van der Waals surface area contributed by atoms with Crippen LogP contribution < -0.4 is 10.1 Å². The largest absolute Gasteiger partial charge is 0.483 e. The number of hydrogen-bond acceptors (Lipinski definition) is 3. The molecule has 1 saturated heterocycles. The average molecular weight is 361 g/mol. The van der Waals surface area contributed by atoms with Crippen LogP contribution in [0.2, 0.25) is 0 Å². The van der Waals surface area contributed by atoms with Gasteiger partial charge in [0, 0.05) is 19.1 Å². The summed E-state index contributed by atoms with van der Waals surface area (Å²) in [5.74, 6) is 1.17. The van der Waals surface area contributed by atoms with Crippen LogP contribution in [0.4, 0.5) is 0 Å². The maximum Gasteiger partial charge on any atom is 0.257 e. The first-order valence-corrected chi connectivity index (χ1v) is 10.2. The van der Waals surface area contributed by atoms with Gasteiger partial charge in [0.05, 0.1) is 0 Å². The summed E-state index contributed by atoms with van der Waals surface area (Å²) in [4.78, 5) is 14.7. The third kappa shape index (κ3) is 6.31. The molecular formula is C22H36N2O2. The SMILES string of the molecule is CC[C@H]1CCCCN1CCCNC(=O)COc1cc(C)ccc1C(C)C. The Kier molecular flexibility index (Phi) is 8.43. The summed E-state index contributed by atoms with van der Waals surface area (Å²) in [5.41, 5.74) is 2.30. The van der Waals surface area contributed by atoms with Crippen molar-refractivity contribution in [3.63, 3.8) is 0 Å². The smallest absolute Gasteiger partial charge is 0.257 e. The average Bonchev–Trinajstić information content (AvgIpc) is 2.63. The van der Waals surface area contributed by atoms with Crippen LogP contribution >= 0.6 is 0 Å². The summed E-state index contributed by atoms with van der Waals surface area (Å²) in [6, 6.07) is 6.94. The topological polar surface area (TPSA) is 41.6 Å². The number of carbonyl (C=O) groups excluding carboxylic acids is 1. The molecule has 1 heterocycles. The molecule has 0 bridgehead atoms. The van der Waals surface area contributed by atoms with Crippen molar-refractivity contribution in [3.05, 3.63) is 29.3 Å². The minimum absolute atomic E-state index is 0.0353. The van der Waals surface area contributed by atoms with E-state index in [2.05, 4.69) is 43.1 Å². The van der Waals surface area contributed by atoms with Crippen LogP contribution in [0.1, 0.15) is 69.9 Å². The number of rotatable bonds is 9. The van der Waals surface area contributed by atoms with E-state index < -0.39 is 0 Å². The summed E-state index contributed by atoms with van der Waals surface area (Å²) in [7, 11) is 0. The van der Waals surface area contributed by atoms with Crippen molar-refractivity contribution < 1.29 is 9.53 Å². The molecule has 0 aromatic heterocycles. The molecule has 1 atom stereocenters. The lowest BCUT2D eigenvalue weighted by molar-refractivity contribution is -0.123. The highest BCUT2D eigenvalue weighted by Crippen LogP contribution is 2.27. The Hall–Kier alpha value is -1.55. The van der Waals surface area contributed by atoms with Crippen LogP contribution in [-0.2, 0) is 4.79 Å². The standard InChI is InChI=1S/C22H36N2O2/c1-5-19-9-6-7-13-24(19)14-8-12-23-22(25)16-26-21-15-18(4)10-11-20(21)17(2)3/h10-11,15,17,19H,5-9,12-14,16H2,1-4H3,(H,23,25)/t19-/m0/s1. The summed E-state index contributed by atoms with van der Waals surface area (Å²) >= 11 is 0. The van der Waals surface area contributed by atoms with Crippen molar-refractivity contribution in [2.75, 3.05) is 26.2 Å². The lowest BCUT2D eigenvalue weighted by Gasteiger charge is -2.35. The molecule has 1 fully saturated rings. The number of carbonyl (C=O) groups is 1. The molecule has 0 saturated carbocycles. The van der Waals surface area contributed by atoms with Gasteiger partial charge in [-0.2, -0.15) is 0 Å². The minimum atomic E-state index is -0.0353. The van der Waals surface area contributed by atoms with Gasteiger partial charge < -0.3 is 15.0 Å². The molecule has 146 valence electrons. The summed E-state index contributed by atoms with van der Waals surface area (Å²) in [6.45, 7) is 11.7. The Morgan fingerprint density at radius 2 is 2.15 bits per heavy atom. The number of amides is 1. The molecule has 1 aliphatic heterocycles. The number of benzene rings is 1. The van der Waals surface area contributed by atoms with Crippen molar-refractivity contribution in [3.8, 4) is 5.75 Å². The van der Waals surface area contributed by atoms with E-state index in [0.29, 0.717) is 5.92 Å². The van der Waals surface area contributed by atoms with Crippen LogP contribution in [0.15, 0.2) is 18.2 Å². The zero-order valence-electron chi connectivity index (χ0n) is 17.0. The van der Waals surface area contributed by atoms with Gasteiger partial charge in [0.15, 0.2) is 6.61 Å². The van der Waals surface area contributed by atoms with E-state index in [1.807, 2.05) is 13.0 Å².